The Morgan fingerprint density at radius 1 is 0.344 bits per heavy atom. The lowest BCUT2D eigenvalue weighted by molar-refractivity contribution is -0.167. The third-order valence-corrected chi connectivity index (χ3v) is 10.2. The summed E-state index contributed by atoms with van der Waals surface area (Å²) in [5.41, 5.74) is 0. The van der Waals surface area contributed by atoms with Crippen LogP contribution in [0.3, 0.4) is 0 Å². The summed E-state index contributed by atoms with van der Waals surface area (Å²) in [5.74, 6) is -1.01. The topological polar surface area (TPSA) is 78.9 Å². The van der Waals surface area contributed by atoms with Crippen LogP contribution in [0.2, 0.25) is 0 Å². The number of carbonyl (C=O) groups excluding carboxylic acids is 3. The van der Waals surface area contributed by atoms with Crippen LogP contribution in [0.1, 0.15) is 207 Å². The van der Waals surface area contributed by atoms with Crippen molar-refractivity contribution in [2.24, 2.45) is 0 Å². The highest BCUT2D eigenvalue weighted by molar-refractivity contribution is 5.71. The Labute approximate surface area is 392 Å². The molecular formula is C58H92O6. The van der Waals surface area contributed by atoms with E-state index in [0.717, 1.165) is 128 Å². The minimum atomic E-state index is -0.816. The first-order valence-corrected chi connectivity index (χ1v) is 25.6. The van der Waals surface area contributed by atoms with Crippen molar-refractivity contribution in [1.82, 2.24) is 0 Å². The van der Waals surface area contributed by atoms with E-state index in [9.17, 15) is 14.4 Å². The second-order valence-electron chi connectivity index (χ2n) is 16.3. The van der Waals surface area contributed by atoms with E-state index in [1.807, 2.05) is 0 Å². The smallest absolute Gasteiger partial charge is 0.306 e. The van der Waals surface area contributed by atoms with Crippen LogP contribution in [0.25, 0.3) is 0 Å². The number of unbranched alkanes of at least 4 members (excludes halogenated alkanes) is 14. The standard InChI is InChI=1S/C58H92O6/c1-4-7-10-13-16-19-22-25-27-28-29-30-32-33-36-39-42-45-48-51-57(60)63-54-55(53-62-56(59)50-47-44-41-38-35-24-21-18-15-12-9-6-3)64-58(61)52-49-46-43-40-37-34-31-26-23-20-17-14-11-8-5-2/h7,9-10,12,16-21,23,25-27,29-30,33,35-36,38,55H,4-6,8,11,13-15,22,24,28,31-32,34,37,39-54H2,1-3H3/b10-7-,12-9-,19-16-,20-17-,21-18-,26-23-,27-25-,30-29-,36-33-,38-35-. The molecule has 0 aliphatic carbocycles. The Morgan fingerprint density at radius 2 is 0.656 bits per heavy atom. The molecule has 1 atom stereocenters. The molecule has 6 nitrogen and oxygen atoms in total. The van der Waals surface area contributed by atoms with Gasteiger partial charge in [-0.2, -0.15) is 0 Å². The van der Waals surface area contributed by atoms with Gasteiger partial charge in [0.1, 0.15) is 13.2 Å². The van der Waals surface area contributed by atoms with Gasteiger partial charge in [-0.15, -0.1) is 0 Å². The Balaban J connectivity index is 4.52. The molecule has 0 saturated carbocycles. The van der Waals surface area contributed by atoms with Crippen LogP contribution in [0.4, 0.5) is 0 Å². The number of ether oxygens (including phenoxy) is 3. The monoisotopic (exact) mass is 885 g/mol. The molecule has 0 heterocycles. The average molecular weight is 885 g/mol. The van der Waals surface area contributed by atoms with Crippen LogP contribution in [-0.2, 0) is 28.6 Å². The molecule has 0 aromatic heterocycles. The molecule has 0 aromatic carbocycles. The van der Waals surface area contributed by atoms with Crippen LogP contribution >= 0.6 is 0 Å². The zero-order valence-corrected chi connectivity index (χ0v) is 41.0. The predicted octanol–water partition coefficient (Wildman–Crippen LogP) is 16.9. The van der Waals surface area contributed by atoms with Gasteiger partial charge >= 0.3 is 17.9 Å². The van der Waals surface area contributed by atoms with Gasteiger partial charge in [-0.1, -0.05) is 187 Å². The summed E-state index contributed by atoms with van der Waals surface area (Å²) in [5, 5.41) is 0. The third kappa shape index (κ3) is 48.8. The summed E-state index contributed by atoms with van der Waals surface area (Å²) in [7, 11) is 0. The van der Waals surface area contributed by atoms with Crippen LogP contribution in [0.15, 0.2) is 122 Å². The zero-order chi connectivity index (χ0) is 46.5. The normalized spacial score (nSPS) is 13.1. The summed E-state index contributed by atoms with van der Waals surface area (Å²) in [4.78, 5) is 37.9. The summed E-state index contributed by atoms with van der Waals surface area (Å²) < 4.78 is 16.7. The van der Waals surface area contributed by atoms with E-state index in [1.165, 1.54) is 32.1 Å². The molecule has 6 heteroatoms. The van der Waals surface area contributed by atoms with Crippen molar-refractivity contribution < 1.29 is 28.6 Å². The van der Waals surface area contributed by atoms with Crippen LogP contribution in [0.5, 0.6) is 0 Å². The van der Waals surface area contributed by atoms with Crippen molar-refractivity contribution >= 4 is 17.9 Å². The van der Waals surface area contributed by atoms with Crippen molar-refractivity contribution in [3.63, 3.8) is 0 Å². The van der Waals surface area contributed by atoms with Gasteiger partial charge in [0.2, 0.25) is 0 Å². The van der Waals surface area contributed by atoms with Gasteiger partial charge in [-0.05, 0) is 122 Å². The summed E-state index contributed by atoms with van der Waals surface area (Å²) >= 11 is 0. The van der Waals surface area contributed by atoms with Gasteiger partial charge in [0, 0.05) is 19.3 Å². The highest BCUT2D eigenvalue weighted by Gasteiger charge is 2.19. The first kappa shape index (κ1) is 59.8. The SMILES string of the molecule is CC/C=C\C/C=C\C/C=C\C/C=C\C/C=C\CCCCCC(=O)OCC(COC(=O)CCCC/C=C\C/C=C\C/C=C\CC)OC(=O)CCCCCCCC/C=C\C=C/CCCCC. The number of esters is 3. The van der Waals surface area contributed by atoms with E-state index in [1.54, 1.807) is 0 Å². The highest BCUT2D eigenvalue weighted by atomic mass is 16.6. The molecule has 0 aliphatic heterocycles. The Hall–Kier alpha value is -4.19. The Morgan fingerprint density at radius 3 is 1.09 bits per heavy atom. The molecule has 0 amide bonds. The van der Waals surface area contributed by atoms with E-state index in [0.29, 0.717) is 25.7 Å². The maximum atomic E-state index is 12.8. The molecule has 0 saturated heterocycles. The fourth-order valence-corrected chi connectivity index (χ4v) is 6.41. The third-order valence-electron chi connectivity index (χ3n) is 10.2. The molecule has 0 N–H and O–H groups in total. The van der Waals surface area contributed by atoms with Gasteiger partial charge in [0.25, 0.3) is 0 Å². The van der Waals surface area contributed by atoms with Gasteiger partial charge < -0.3 is 14.2 Å². The summed E-state index contributed by atoms with van der Waals surface area (Å²) in [6, 6.07) is 0. The summed E-state index contributed by atoms with van der Waals surface area (Å²) in [6.07, 6.45) is 70.4. The molecule has 0 radical (unpaired) electrons. The van der Waals surface area contributed by atoms with Crippen molar-refractivity contribution in [3.8, 4) is 0 Å². The first-order chi connectivity index (χ1) is 31.5. The molecule has 0 aromatic rings. The van der Waals surface area contributed by atoms with Crippen LogP contribution < -0.4 is 0 Å². The fraction of sp³-hybridized carbons (Fsp3) is 0.603. The van der Waals surface area contributed by atoms with Crippen molar-refractivity contribution in [2.45, 2.75) is 213 Å². The van der Waals surface area contributed by atoms with Gasteiger partial charge in [-0.3, -0.25) is 14.4 Å². The average Bonchev–Trinajstić information content (AvgIpc) is 3.29. The minimum Gasteiger partial charge on any atom is -0.462 e. The van der Waals surface area contributed by atoms with E-state index in [2.05, 4.69) is 142 Å². The largest absolute Gasteiger partial charge is 0.462 e. The Kier molecular flexibility index (Phi) is 48.1. The van der Waals surface area contributed by atoms with Gasteiger partial charge in [0.05, 0.1) is 0 Å². The lowest BCUT2D eigenvalue weighted by Gasteiger charge is -2.18. The quantitative estimate of drug-likeness (QED) is 0.0199. The second kappa shape index (κ2) is 51.4. The second-order valence-corrected chi connectivity index (χ2v) is 16.3. The number of hydrogen-bond donors (Lipinski definition) is 0. The minimum absolute atomic E-state index is 0.116. The molecule has 0 rings (SSSR count). The number of rotatable bonds is 44. The molecule has 0 aliphatic rings. The molecular weight excluding hydrogens is 793 g/mol. The van der Waals surface area contributed by atoms with Crippen LogP contribution in [-0.4, -0.2) is 37.2 Å². The first-order valence-electron chi connectivity index (χ1n) is 25.6. The maximum absolute atomic E-state index is 12.8. The van der Waals surface area contributed by atoms with E-state index >= 15 is 0 Å². The van der Waals surface area contributed by atoms with Crippen molar-refractivity contribution in [1.29, 1.82) is 0 Å². The van der Waals surface area contributed by atoms with Gasteiger partial charge in [0.15, 0.2) is 6.10 Å². The van der Waals surface area contributed by atoms with E-state index < -0.39 is 6.10 Å². The molecule has 1 unspecified atom stereocenters. The highest BCUT2D eigenvalue weighted by Crippen LogP contribution is 2.12. The molecule has 0 spiro atoms. The molecule has 64 heavy (non-hydrogen) atoms. The number of hydrogen-bond acceptors (Lipinski definition) is 6. The molecule has 0 fully saturated rings. The number of allylic oxidation sites excluding steroid dienone is 20. The van der Waals surface area contributed by atoms with E-state index in [-0.39, 0.29) is 31.1 Å². The van der Waals surface area contributed by atoms with Crippen molar-refractivity contribution in [2.75, 3.05) is 13.2 Å². The maximum Gasteiger partial charge on any atom is 0.306 e. The molecule has 360 valence electrons. The van der Waals surface area contributed by atoms with Gasteiger partial charge in [-0.25, -0.2) is 0 Å². The predicted molar refractivity (Wildman–Crippen MR) is 274 cm³/mol. The fourth-order valence-electron chi connectivity index (χ4n) is 6.41. The molecule has 0 bridgehead atoms. The zero-order valence-electron chi connectivity index (χ0n) is 41.0. The van der Waals surface area contributed by atoms with Crippen molar-refractivity contribution in [3.05, 3.63) is 122 Å². The summed E-state index contributed by atoms with van der Waals surface area (Å²) in [6.45, 7) is 6.28. The lowest BCUT2D eigenvalue weighted by Crippen LogP contribution is -2.30. The van der Waals surface area contributed by atoms with Crippen LogP contribution in [0, 0.1) is 0 Å². The Bertz CT molecular complexity index is 1390. The van der Waals surface area contributed by atoms with E-state index in [4.69, 9.17) is 14.2 Å². The number of carbonyl (C=O) groups is 3. The lowest BCUT2D eigenvalue weighted by atomic mass is 10.1.